The molecular weight excluding hydrogens is 363 g/mol. The fraction of sp³-hybridized carbons (Fsp3) is 0.286. The number of hydrogen-bond donors (Lipinski definition) is 1. The first-order chi connectivity index (χ1) is 13.4. The summed E-state index contributed by atoms with van der Waals surface area (Å²) in [6, 6.07) is 11.0. The third kappa shape index (κ3) is 4.73. The molecule has 3 rings (SSSR count). The molecule has 2 aromatic carbocycles. The summed E-state index contributed by atoms with van der Waals surface area (Å²) in [5.74, 6) is -0.338. The molecule has 6 nitrogen and oxygen atoms in total. The number of nitrogens with one attached hydrogen (secondary N) is 1. The van der Waals surface area contributed by atoms with E-state index in [4.69, 9.17) is 4.74 Å². The molecule has 146 valence electrons. The van der Waals surface area contributed by atoms with Gasteiger partial charge in [0.1, 0.15) is 11.6 Å². The minimum atomic E-state index is -0.295. The summed E-state index contributed by atoms with van der Waals surface area (Å²) in [5.41, 5.74) is 1.91. The van der Waals surface area contributed by atoms with E-state index in [2.05, 4.69) is 5.32 Å². The Kier molecular flexibility index (Phi) is 6.03. The quantitative estimate of drug-likeness (QED) is 0.745. The molecule has 0 aromatic heterocycles. The van der Waals surface area contributed by atoms with Crippen LogP contribution < -0.4 is 15.0 Å². The monoisotopic (exact) mass is 384 g/mol. The van der Waals surface area contributed by atoms with Crippen LogP contribution in [-0.2, 0) is 16.0 Å². The van der Waals surface area contributed by atoms with Crippen LogP contribution in [0.25, 0.3) is 0 Å². The number of carbonyl (C=O) groups excluding carboxylic acids is 3. The van der Waals surface area contributed by atoms with E-state index in [-0.39, 0.29) is 43.0 Å². The number of Topliss-reactive ketones (excluding diaryl/α,β-unsaturated/α-hetero) is 1. The molecule has 0 saturated carbocycles. The van der Waals surface area contributed by atoms with Crippen molar-refractivity contribution in [3.63, 3.8) is 0 Å². The number of anilines is 1. The summed E-state index contributed by atoms with van der Waals surface area (Å²) in [5, 5.41) is 2.80. The van der Waals surface area contributed by atoms with E-state index in [1.165, 1.54) is 24.0 Å². The van der Waals surface area contributed by atoms with E-state index in [1.54, 1.807) is 30.3 Å². The lowest BCUT2D eigenvalue weighted by atomic mass is 10.1. The number of ketones is 1. The van der Waals surface area contributed by atoms with E-state index in [1.807, 2.05) is 0 Å². The number of ether oxygens (including phenoxy) is 1. The fourth-order valence-corrected chi connectivity index (χ4v) is 2.97. The van der Waals surface area contributed by atoms with Gasteiger partial charge in [-0.25, -0.2) is 4.39 Å². The molecule has 0 aliphatic carbocycles. The summed E-state index contributed by atoms with van der Waals surface area (Å²) >= 11 is 0. The normalized spacial score (nSPS) is 12.9. The molecule has 1 aliphatic rings. The minimum absolute atomic E-state index is 0.0986. The van der Waals surface area contributed by atoms with Gasteiger partial charge in [-0.3, -0.25) is 14.4 Å². The number of nitrogens with zero attached hydrogens (tertiary/aromatic N) is 1. The maximum absolute atomic E-state index is 12.9. The lowest BCUT2D eigenvalue weighted by Crippen LogP contribution is -2.41. The van der Waals surface area contributed by atoms with Crippen molar-refractivity contribution in [2.24, 2.45) is 0 Å². The van der Waals surface area contributed by atoms with Crippen LogP contribution in [0, 0.1) is 5.82 Å². The molecular formula is C21H21FN2O4. The average Bonchev–Trinajstić information content (AvgIpc) is 2.68. The number of rotatable bonds is 7. The lowest BCUT2D eigenvalue weighted by molar-refractivity contribution is -0.122. The number of benzene rings is 2. The Hall–Kier alpha value is -3.22. The van der Waals surface area contributed by atoms with Crippen LogP contribution in [0.15, 0.2) is 42.5 Å². The summed E-state index contributed by atoms with van der Waals surface area (Å²) in [6.07, 6.45) is 0.714. The van der Waals surface area contributed by atoms with Gasteiger partial charge in [0.05, 0.1) is 5.69 Å². The topological polar surface area (TPSA) is 75.7 Å². The highest BCUT2D eigenvalue weighted by Gasteiger charge is 2.26. The molecule has 1 heterocycles. The van der Waals surface area contributed by atoms with Gasteiger partial charge in [0.15, 0.2) is 12.4 Å². The molecule has 0 fully saturated rings. The third-order valence-electron chi connectivity index (χ3n) is 4.52. The summed E-state index contributed by atoms with van der Waals surface area (Å²) < 4.78 is 18.3. The zero-order chi connectivity index (χ0) is 20.1. The van der Waals surface area contributed by atoms with E-state index in [9.17, 15) is 18.8 Å². The predicted octanol–water partition coefficient (Wildman–Crippen LogP) is 2.50. The maximum Gasteiger partial charge on any atom is 0.265 e. The maximum atomic E-state index is 12.9. The summed E-state index contributed by atoms with van der Waals surface area (Å²) in [6.45, 7) is 1.97. The van der Waals surface area contributed by atoms with Crippen LogP contribution in [0.5, 0.6) is 5.75 Å². The van der Waals surface area contributed by atoms with Crippen molar-refractivity contribution in [1.29, 1.82) is 0 Å². The number of hydrogen-bond acceptors (Lipinski definition) is 4. The van der Waals surface area contributed by atoms with E-state index in [0.717, 1.165) is 5.56 Å². The first-order valence-corrected chi connectivity index (χ1v) is 9.03. The average molecular weight is 384 g/mol. The highest BCUT2D eigenvalue weighted by molar-refractivity contribution is 6.01. The van der Waals surface area contributed by atoms with Gasteiger partial charge in [0, 0.05) is 25.1 Å². The summed E-state index contributed by atoms with van der Waals surface area (Å²) in [7, 11) is 0. The first-order valence-electron chi connectivity index (χ1n) is 9.03. The minimum Gasteiger partial charge on any atom is -0.482 e. The Labute approximate surface area is 162 Å². The Morgan fingerprint density at radius 1 is 1.18 bits per heavy atom. The van der Waals surface area contributed by atoms with Crippen LogP contribution in [0.2, 0.25) is 0 Å². The molecule has 0 bridgehead atoms. The van der Waals surface area contributed by atoms with Gasteiger partial charge < -0.3 is 15.0 Å². The van der Waals surface area contributed by atoms with Crippen molar-refractivity contribution in [1.82, 2.24) is 5.32 Å². The highest BCUT2D eigenvalue weighted by atomic mass is 19.1. The Bertz CT molecular complexity index is 896. The predicted molar refractivity (Wildman–Crippen MR) is 102 cm³/mol. The highest BCUT2D eigenvalue weighted by Crippen LogP contribution is 2.33. The van der Waals surface area contributed by atoms with Crippen molar-refractivity contribution < 1.29 is 23.5 Å². The van der Waals surface area contributed by atoms with Crippen molar-refractivity contribution in [2.75, 3.05) is 24.6 Å². The molecule has 0 atom stereocenters. The lowest BCUT2D eigenvalue weighted by Gasteiger charge is -2.29. The van der Waals surface area contributed by atoms with Crippen LogP contribution in [0.4, 0.5) is 10.1 Å². The van der Waals surface area contributed by atoms with Crippen LogP contribution in [-0.4, -0.2) is 37.3 Å². The number of fused-ring (bicyclic) bond motifs is 1. The van der Waals surface area contributed by atoms with Gasteiger partial charge >= 0.3 is 0 Å². The van der Waals surface area contributed by atoms with Gasteiger partial charge in [0.2, 0.25) is 5.91 Å². The zero-order valence-electron chi connectivity index (χ0n) is 15.5. The number of carbonyl (C=O) groups is 3. The van der Waals surface area contributed by atoms with Gasteiger partial charge in [0.25, 0.3) is 5.91 Å². The van der Waals surface area contributed by atoms with Gasteiger partial charge in [-0.1, -0.05) is 12.1 Å². The molecule has 2 amide bonds. The molecule has 0 radical (unpaired) electrons. The zero-order valence-corrected chi connectivity index (χ0v) is 15.5. The SMILES string of the molecule is CC(=O)c1ccc2c(c1)N(CCC(=O)NCCc1ccc(F)cc1)C(=O)CO2. The molecule has 0 saturated heterocycles. The van der Waals surface area contributed by atoms with E-state index in [0.29, 0.717) is 30.0 Å². The van der Waals surface area contributed by atoms with Gasteiger partial charge in [-0.05, 0) is 49.2 Å². The number of halogens is 1. The Balaban J connectivity index is 1.55. The number of amides is 2. The van der Waals surface area contributed by atoms with Crippen molar-refractivity contribution in [2.45, 2.75) is 19.8 Å². The van der Waals surface area contributed by atoms with E-state index >= 15 is 0 Å². The second-order valence-corrected chi connectivity index (χ2v) is 6.55. The fourth-order valence-electron chi connectivity index (χ4n) is 2.97. The molecule has 1 aliphatic heterocycles. The standard InChI is InChI=1S/C21H21FN2O4/c1-14(25)16-4-7-19-18(12-16)24(21(27)13-28-19)11-9-20(26)23-10-8-15-2-5-17(22)6-3-15/h2-7,12H,8-11,13H2,1H3,(H,23,26). The molecule has 0 spiro atoms. The van der Waals surface area contributed by atoms with Gasteiger partial charge in [-0.15, -0.1) is 0 Å². The van der Waals surface area contributed by atoms with Crippen molar-refractivity contribution in [3.05, 3.63) is 59.4 Å². The van der Waals surface area contributed by atoms with Crippen LogP contribution in [0.1, 0.15) is 29.3 Å². The van der Waals surface area contributed by atoms with Gasteiger partial charge in [-0.2, -0.15) is 0 Å². The smallest absolute Gasteiger partial charge is 0.265 e. The van der Waals surface area contributed by atoms with Crippen LogP contribution in [0.3, 0.4) is 0 Å². The molecule has 0 unspecified atom stereocenters. The van der Waals surface area contributed by atoms with Crippen molar-refractivity contribution in [3.8, 4) is 5.75 Å². The van der Waals surface area contributed by atoms with Crippen molar-refractivity contribution >= 4 is 23.3 Å². The Morgan fingerprint density at radius 2 is 1.93 bits per heavy atom. The first kappa shape index (κ1) is 19.5. The van der Waals surface area contributed by atoms with Crippen LogP contribution >= 0.6 is 0 Å². The second-order valence-electron chi connectivity index (χ2n) is 6.55. The molecule has 1 N–H and O–H groups in total. The summed E-state index contributed by atoms with van der Waals surface area (Å²) in [4.78, 5) is 37.4. The largest absolute Gasteiger partial charge is 0.482 e. The van der Waals surface area contributed by atoms with E-state index < -0.39 is 0 Å². The second kappa shape index (κ2) is 8.65. The third-order valence-corrected chi connectivity index (χ3v) is 4.52. The molecule has 28 heavy (non-hydrogen) atoms. The molecule has 7 heteroatoms. The molecule has 2 aromatic rings. The Morgan fingerprint density at radius 3 is 2.64 bits per heavy atom.